The number of aromatic carboxylic acids is 1. The van der Waals surface area contributed by atoms with Crippen LogP contribution in [0.25, 0.3) is 0 Å². The molecule has 1 aromatic heterocycles. The summed E-state index contributed by atoms with van der Waals surface area (Å²) in [6.45, 7) is 1.85. The van der Waals surface area contributed by atoms with Crippen molar-refractivity contribution in [3.05, 3.63) is 21.9 Å². The Hall–Kier alpha value is -1.93. The van der Waals surface area contributed by atoms with Crippen molar-refractivity contribution in [1.82, 2.24) is 9.80 Å². The Kier molecular flexibility index (Phi) is 4.92. The summed E-state index contributed by atoms with van der Waals surface area (Å²) in [4.78, 5) is 38.6. The molecule has 0 saturated carbocycles. The van der Waals surface area contributed by atoms with Crippen LogP contribution in [0.15, 0.2) is 12.1 Å². The lowest BCUT2D eigenvalue weighted by molar-refractivity contribution is -0.136. The first-order valence-corrected chi connectivity index (χ1v) is 7.23. The van der Waals surface area contributed by atoms with Gasteiger partial charge in [-0.25, -0.2) is 4.79 Å². The highest BCUT2D eigenvalue weighted by molar-refractivity contribution is 7.15. The number of thiophene rings is 1. The van der Waals surface area contributed by atoms with Gasteiger partial charge in [-0.05, 0) is 12.1 Å². The molecule has 0 aromatic carbocycles. The lowest BCUT2D eigenvalue weighted by Crippen LogP contribution is -2.51. The average molecular weight is 312 g/mol. The third-order valence-electron chi connectivity index (χ3n) is 3.21. The second kappa shape index (κ2) is 6.68. The standard InChI is InChI=1S/C13H16N2O5S/c1-20-8-11(16)14-4-6-15(7-5-14)12(17)9-2-3-10(21-9)13(18)19/h2-3H,4-8H2,1H3,(H,18,19). The number of amides is 2. The van der Waals surface area contributed by atoms with E-state index >= 15 is 0 Å². The Morgan fingerprint density at radius 2 is 1.71 bits per heavy atom. The van der Waals surface area contributed by atoms with Crippen molar-refractivity contribution in [1.29, 1.82) is 0 Å². The van der Waals surface area contributed by atoms with Crippen molar-refractivity contribution in [2.24, 2.45) is 0 Å². The molecule has 2 heterocycles. The number of ether oxygens (including phenoxy) is 1. The summed E-state index contributed by atoms with van der Waals surface area (Å²) in [5.41, 5.74) is 0. The third-order valence-corrected chi connectivity index (χ3v) is 4.28. The van der Waals surface area contributed by atoms with Crippen LogP contribution in [-0.4, -0.2) is 72.6 Å². The van der Waals surface area contributed by atoms with E-state index in [-0.39, 0.29) is 23.3 Å². The van der Waals surface area contributed by atoms with Crippen molar-refractivity contribution in [3.8, 4) is 0 Å². The summed E-state index contributed by atoms with van der Waals surface area (Å²) in [7, 11) is 1.47. The number of methoxy groups -OCH3 is 1. The van der Waals surface area contributed by atoms with Gasteiger partial charge in [-0.3, -0.25) is 9.59 Å². The van der Waals surface area contributed by atoms with Gasteiger partial charge in [-0.2, -0.15) is 0 Å². The van der Waals surface area contributed by atoms with Gasteiger partial charge < -0.3 is 19.6 Å². The van der Waals surface area contributed by atoms with Crippen molar-refractivity contribution < 1.29 is 24.2 Å². The van der Waals surface area contributed by atoms with Gasteiger partial charge in [0.25, 0.3) is 5.91 Å². The number of nitrogens with zero attached hydrogens (tertiary/aromatic N) is 2. The summed E-state index contributed by atoms with van der Waals surface area (Å²) in [5, 5.41) is 8.87. The topological polar surface area (TPSA) is 87.2 Å². The predicted molar refractivity (Wildman–Crippen MR) is 75.6 cm³/mol. The molecule has 1 fully saturated rings. The van der Waals surface area contributed by atoms with Gasteiger partial charge >= 0.3 is 5.97 Å². The number of hydrogen-bond acceptors (Lipinski definition) is 5. The molecule has 0 bridgehead atoms. The summed E-state index contributed by atoms with van der Waals surface area (Å²) < 4.78 is 4.80. The number of hydrogen-bond donors (Lipinski definition) is 1. The lowest BCUT2D eigenvalue weighted by Gasteiger charge is -2.34. The maximum Gasteiger partial charge on any atom is 0.345 e. The fourth-order valence-corrected chi connectivity index (χ4v) is 2.91. The smallest absolute Gasteiger partial charge is 0.345 e. The first-order valence-electron chi connectivity index (χ1n) is 6.42. The summed E-state index contributed by atoms with van der Waals surface area (Å²) in [5.74, 6) is -1.31. The molecule has 1 saturated heterocycles. The Balaban J connectivity index is 1.93. The summed E-state index contributed by atoms with van der Waals surface area (Å²) in [6, 6.07) is 2.96. The molecule has 114 valence electrons. The van der Waals surface area contributed by atoms with E-state index in [4.69, 9.17) is 9.84 Å². The molecule has 0 unspecified atom stereocenters. The van der Waals surface area contributed by atoms with E-state index in [0.29, 0.717) is 31.1 Å². The highest BCUT2D eigenvalue weighted by atomic mass is 32.1. The molecule has 1 N–H and O–H groups in total. The van der Waals surface area contributed by atoms with Crippen molar-refractivity contribution in [3.63, 3.8) is 0 Å². The molecular weight excluding hydrogens is 296 g/mol. The third kappa shape index (κ3) is 3.59. The second-order valence-corrected chi connectivity index (χ2v) is 5.66. The molecule has 2 amide bonds. The van der Waals surface area contributed by atoms with E-state index in [2.05, 4.69) is 0 Å². The molecule has 21 heavy (non-hydrogen) atoms. The van der Waals surface area contributed by atoms with E-state index in [1.807, 2.05) is 0 Å². The molecule has 1 aliphatic heterocycles. The molecule has 1 aromatic rings. The number of carbonyl (C=O) groups is 3. The molecule has 0 radical (unpaired) electrons. The van der Waals surface area contributed by atoms with Gasteiger partial charge in [-0.1, -0.05) is 0 Å². The number of carboxylic acid groups (broad SMARTS) is 1. The maximum absolute atomic E-state index is 12.3. The Morgan fingerprint density at radius 1 is 1.14 bits per heavy atom. The normalized spacial score (nSPS) is 15.1. The fraction of sp³-hybridized carbons (Fsp3) is 0.462. The number of piperazine rings is 1. The van der Waals surface area contributed by atoms with Crippen LogP contribution < -0.4 is 0 Å². The molecule has 7 nitrogen and oxygen atoms in total. The summed E-state index contributed by atoms with van der Waals surface area (Å²) in [6.07, 6.45) is 0. The van der Waals surface area contributed by atoms with Crippen molar-refractivity contribution in [2.45, 2.75) is 0 Å². The fourth-order valence-electron chi connectivity index (χ4n) is 2.10. The zero-order valence-corrected chi connectivity index (χ0v) is 12.4. The van der Waals surface area contributed by atoms with E-state index in [9.17, 15) is 14.4 Å². The quantitative estimate of drug-likeness (QED) is 0.868. The maximum atomic E-state index is 12.3. The zero-order chi connectivity index (χ0) is 15.4. The van der Waals surface area contributed by atoms with Crippen LogP contribution in [0.3, 0.4) is 0 Å². The number of carbonyl (C=O) groups excluding carboxylic acids is 2. The highest BCUT2D eigenvalue weighted by Crippen LogP contribution is 2.19. The minimum Gasteiger partial charge on any atom is -0.477 e. The number of rotatable bonds is 4. The van der Waals surface area contributed by atoms with E-state index < -0.39 is 5.97 Å². The van der Waals surface area contributed by atoms with E-state index in [1.165, 1.54) is 19.2 Å². The minimum atomic E-state index is -1.03. The van der Waals surface area contributed by atoms with Crippen LogP contribution >= 0.6 is 11.3 Å². The first kappa shape index (κ1) is 15.5. The van der Waals surface area contributed by atoms with Gasteiger partial charge in [0.05, 0.1) is 4.88 Å². The van der Waals surface area contributed by atoms with Gasteiger partial charge in [0, 0.05) is 33.3 Å². The van der Waals surface area contributed by atoms with Crippen LogP contribution in [0, 0.1) is 0 Å². The van der Waals surface area contributed by atoms with Crippen LogP contribution in [0.4, 0.5) is 0 Å². The van der Waals surface area contributed by atoms with Crippen LogP contribution in [0.5, 0.6) is 0 Å². The van der Waals surface area contributed by atoms with E-state index in [1.54, 1.807) is 9.80 Å². The second-order valence-electron chi connectivity index (χ2n) is 4.58. The van der Waals surface area contributed by atoms with Gasteiger partial charge in [0.2, 0.25) is 5.91 Å². The van der Waals surface area contributed by atoms with Gasteiger partial charge in [0.1, 0.15) is 11.5 Å². The highest BCUT2D eigenvalue weighted by Gasteiger charge is 2.25. The molecular formula is C13H16N2O5S. The first-order chi connectivity index (χ1) is 10.0. The minimum absolute atomic E-state index is 0.0425. The molecule has 0 atom stereocenters. The zero-order valence-electron chi connectivity index (χ0n) is 11.6. The summed E-state index contributed by atoms with van der Waals surface area (Å²) >= 11 is 0.967. The molecule has 0 spiro atoms. The number of carboxylic acids is 1. The van der Waals surface area contributed by atoms with E-state index in [0.717, 1.165) is 11.3 Å². The molecule has 8 heteroatoms. The molecule has 0 aliphatic carbocycles. The Labute approximate surface area is 125 Å². The van der Waals surface area contributed by atoms with Gasteiger partial charge in [0.15, 0.2) is 0 Å². The SMILES string of the molecule is COCC(=O)N1CCN(C(=O)c2ccc(C(=O)O)s2)CC1. The lowest BCUT2D eigenvalue weighted by atomic mass is 10.3. The van der Waals surface area contributed by atoms with Crippen molar-refractivity contribution in [2.75, 3.05) is 39.9 Å². The van der Waals surface area contributed by atoms with Crippen LogP contribution in [0.2, 0.25) is 0 Å². The Bertz CT molecular complexity index is 549. The molecule has 2 rings (SSSR count). The van der Waals surface area contributed by atoms with Crippen molar-refractivity contribution >= 4 is 29.1 Å². The van der Waals surface area contributed by atoms with Crippen LogP contribution in [-0.2, 0) is 9.53 Å². The van der Waals surface area contributed by atoms with Crippen LogP contribution in [0.1, 0.15) is 19.3 Å². The largest absolute Gasteiger partial charge is 0.477 e. The Morgan fingerprint density at radius 3 is 2.24 bits per heavy atom. The molecule has 1 aliphatic rings. The monoisotopic (exact) mass is 312 g/mol. The predicted octanol–water partition coefficient (Wildman–Crippen LogP) is 0.377. The average Bonchev–Trinajstić information content (AvgIpc) is 2.97. The van der Waals surface area contributed by atoms with Gasteiger partial charge in [-0.15, -0.1) is 11.3 Å².